The fraction of sp³-hybridized carbons (Fsp3) is 0.200. The van der Waals surface area contributed by atoms with Crippen LogP contribution in [0.1, 0.15) is 5.82 Å². The summed E-state index contributed by atoms with van der Waals surface area (Å²) in [5.41, 5.74) is 6.04. The van der Waals surface area contributed by atoms with Gasteiger partial charge in [-0.1, -0.05) is 11.8 Å². The molecular formula is C10H12N4O2S3. The van der Waals surface area contributed by atoms with Crippen LogP contribution in [0.4, 0.5) is 5.69 Å². The standard InChI is InChI=1S/C10H12N4O2S3/c1-6-13-10(18-14-6)17-8-4-3-7(11)5-9(8)19(15,16)12-2/h3-5,12H,11H2,1-2H3. The number of benzene rings is 1. The van der Waals surface area contributed by atoms with Crippen molar-refractivity contribution in [3.8, 4) is 0 Å². The Morgan fingerprint density at radius 1 is 1.42 bits per heavy atom. The van der Waals surface area contributed by atoms with E-state index in [4.69, 9.17) is 5.73 Å². The van der Waals surface area contributed by atoms with E-state index < -0.39 is 10.0 Å². The topological polar surface area (TPSA) is 98.0 Å². The Kier molecular flexibility index (Phi) is 4.09. The molecule has 1 aromatic carbocycles. The Morgan fingerprint density at radius 2 is 2.16 bits per heavy atom. The lowest BCUT2D eigenvalue weighted by molar-refractivity contribution is 0.586. The number of anilines is 1. The van der Waals surface area contributed by atoms with Crippen LogP contribution in [0.2, 0.25) is 0 Å². The van der Waals surface area contributed by atoms with Crippen molar-refractivity contribution in [2.45, 2.75) is 21.1 Å². The molecule has 2 rings (SSSR count). The Morgan fingerprint density at radius 3 is 2.74 bits per heavy atom. The number of hydrogen-bond acceptors (Lipinski definition) is 7. The zero-order chi connectivity index (χ0) is 14.0. The second kappa shape index (κ2) is 5.45. The summed E-state index contributed by atoms with van der Waals surface area (Å²) in [5, 5.41) is 0. The molecule has 0 fully saturated rings. The van der Waals surface area contributed by atoms with Crippen LogP contribution in [0.5, 0.6) is 0 Å². The van der Waals surface area contributed by atoms with Gasteiger partial charge in [0.05, 0.1) is 4.90 Å². The highest BCUT2D eigenvalue weighted by Gasteiger charge is 2.18. The molecule has 0 aliphatic heterocycles. The summed E-state index contributed by atoms with van der Waals surface area (Å²) in [4.78, 5) is 4.92. The molecule has 0 aliphatic rings. The number of nitrogens with one attached hydrogen (secondary N) is 1. The highest BCUT2D eigenvalue weighted by atomic mass is 32.2. The van der Waals surface area contributed by atoms with Crippen LogP contribution in [0.15, 0.2) is 32.3 Å². The van der Waals surface area contributed by atoms with Crippen molar-refractivity contribution in [1.82, 2.24) is 14.1 Å². The van der Waals surface area contributed by atoms with E-state index in [2.05, 4.69) is 14.1 Å². The highest BCUT2D eigenvalue weighted by molar-refractivity contribution is 8.01. The summed E-state index contributed by atoms with van der Waals surface area (Å²) in [6.45, 7) is 1.79. The predicted molar refractivity (Wildman–Crippen MR) is 75.9 cm³/mol. The average molecular weight is 316 g/mol. The van der Waals surface area contributed by atoms with Gasteiger partial charge in [-0.2, -0.15) is 4.37 Å². The minimum absolute atomic E-state index is 0.146. The third-order valence-electron chi connectivity index (χ3n) is 2.23. The minimum atomic E-state index is -3.56. The highest BCUT2D eigenvalue weighted by Crippen LogP contribution is 2.34. The van der Waals surface area contributed by atoms with Crippen LogP contribution >= 0.6 is 23.3 Å². The van der Waals surface area contributed by atoms with Crippen LogP contribution in [-0.2, 0) is 10.0 Å². The first-order valence-electron chi connectivity index (χ1n) is 5.23. The summed E-state index contributed by atoms with van der Waals surface area (Å²) >= 11 is 2.49. The summed E-state index contributed by atoms with van der Waals surface area (Å²) in [6, 6.07) is 4.76. The Labute approximate surface area is 119 Å². The van der Waals surface area contributed by atoms with Crippen LogP contribution < -0.4 is 10.5 Å². The molecule has 0 unspecified atom stereocenters. The maximum atomic E-state index is 12.0. The number of sulfonamides is 1. The normalized spacial score (nSPS) is 11.7. The fourth-order valence-electron chi connectivity index (χ4n) is 1.34. The van der Waals surface area contributed by atoms with Crippen LogP contribution in [0.3, 0.4) is 0 Å². The van der Waals surface area contributed by atoms with E-state index >= 15 is 0 Å². The molecule has 19 heavy (non-hydrogen) atoms. The van der Waals surface area contributed by atoms with Gasteiger partial charge < -0.3 is 5.73 Å². The predicted octanol–water partition coefficient (Wildman–Crippen LogP) is 1.49. The molecule has 9 heteroatoms. The third kappa shape index (κ3) is 3.24. The molecule has 1 aromatic heterocycles. The van der Waals surface area contributed by atoms with Gasteiger partial charge in [-0.25, -0.2) is 18.1 Å². The molecule has 2 aromatic rings. The quantitative estimate of drug-likeness (QED) is 0.829. The summed E-state index contributed by atoms with van der Waals surface area (Å²) in [5.74, 6) is 0.668. The van der Waals surface area contributed by atoms with Gasteiger partial charge in [0.25, 0.3) is 0 Å². The smallest absolute Gasteiger partial charge is 0.241 e. The molecule has 6 nitrogen and oxygen atoms in total. The molecule has 0 radical (unpaired) electrons. The van der Waals surface area contributed by atoms with Gasteiger partial charge in [0.1, 0.15) is 5.82 Å². The van der Waals surface area contributed by atoms with E-state index in [0.29, 0.717) is 20.7 Å². The lowest BCUT2D eigenvalue weighted by atomic mass is 10.3. The average Bonchev–Trinajstić information content (AvgIpc) is 2.77. The molecule has 0 saturated carbocycles. The summed E-state index contributed by atoms with van der Waals surface area (Å²) < 4.78 is 31.0. The SMILES string of the molecule is CNS(=O)(=O)c1cc(N)ccc1Sc1nc(C)ns1. The van der Waals surface area contributed by atoms with Gasteiger partial charge in [0, 0.05) is 10.6 Å². The van der Waals surface area contributed by atoms with Gasteiger partial charge in [0.15, 0.2) is 4.34 Å². The number of rotatable bonds is 4. The monoisotopic (exact) mass is 316 g/mol. The number of nitrogen functional groups attached to an aromatic ring is 1. The van der Waals surface area contributed by atoms with Crippen molar-refractivity contribution in [2.24, 2.45) is 0 Å². The number of aromatic nitrogens is 2. The van der Waals surface area contributed by atoms with Crippen LogP contribution in [-0.4, -0.2) is 24.8 Å². The van der Waals surface area contributed by atoms with Gasteiger partial charge in [0.2, 0.25) is 10.0 Å². The van der Waals surface area contributed by atoms with Crippen molar-refractivity contribution in [3.05, 3.63) is 24.0 Å². The molecule has 0 saturated heterocycles. The third-order valence-corrected chi connectivity index (χ3v) is 5.73. The van der Waals surface area contributed by atoms with Gasteiger partial charge in [-0.3, -0.25) is 0 Å². The van der Waals surface area contributed by atoms with Crippen molar-refractivity contribution in [3.63, 3.8) is 0 Å². The Bertz CT molecular complexity index is 697. The van der Waals surface area contributed by atoms with Crippen molar-refractivity contribution in [1.29, 1.82) is 0 Å². The van der Waals surface area contributed by atoms with Crippen LogP contribution in [0, 0.1) is 6.92 Å². The summed E-state index contributed by atoms with van der Waals surface area (Å²) in [7, 11) is -2.20. The zero-order valence-electron chi connectivity index (χ0n) is 10.2. The Balaban J connectivity index is 2.46. The molecule has 0 atom stereocenters. The van der Waals surface area contributed by atoms with E-state index in [0.717, 1.165) is 0 Å². The van der Waals surface area contributed by atoms with Gasteiger partial charge >= 0.3 is 0 Å². The van der Waals surface area contributed by atoms with Gasteiger partial charge in [-0.15, -0.1) is 0 Å². The lowest BCUT2D eigenvalue weighted by Crippen LogP contribution is -2.19. The molecule has 102 valence electrons. The number of nitrogens with two attached hydrogens (primary N) is 1. The maximum Gasteiger partial charge on any atom is 0.241 e. The molecule has 3 N–H and O–H groups in total. The van der Waals surface area contributed by atoms with Crippen molar-refractivity contribution in [2.75, 3.05) is 12.8 Å². The first-order chi connectivity index (χ1) is 8.92. The van der Waals surface area contributed by atoms with Crippen LogP contribution in [0.25, 0.3) is 0 Å². The molecule has 0 bridgehead atoms. The summed E-state index contributed by atoms with van der Waals surface area (Å²) in [6.07, 6.45) is 0. The number of aryl methyl sites for hydroxylation is 1. The fourth-order valence-corrected chi connectivity index (χ4v) is 4.26. The second-order valence-corrected chi connectivity index (χ2v) is 7.52. The lowest BCUT2D eigenvalue weighted by Gasteiger charge is -2.08. The largest absolute Gasteiger partial charge is 0.399 e. The van der Waals surface area contributed by atoms with E-state index in [1.807, 2.05) is 0 Å². The van der Waals surface area contributed by atoms with E-state index in [1.54, 1.807) is 19.1 Å². The minimum Gasteiger partial charge on any atom is -0.399 e. The first-order valence-corrected chi connectivity index (χ1v) is 8.31. The Hall–Kier alpha value is -1.16. The second-order valence-electron chi connectivity index (χ2n) is 3.62. The van der Waals surface area contributed by atoms with Crippen molar-refractivity contribution >= 4 is 39.0 Å². The molecule has 0 aliphatic carbocycles. The molecule has 1 heterocycles. The molecule has 0 amide bonds. The number of hydrogen-bond donors (Lipinski definition) is 2. The first kappa shape index (κ1) is 14.3. The van der Waals surface area contributed by atoms with Gasteiger partial charge in [-0.05, 0) is 43.7 Å². The van der Waals surface area contributed by atoms with Crippen molar-refractivity contribution < 1.29 is 8.42 Å². The van der Waals surface area contributed by atoms with E-state index in [-0.39, 0.29) is 4.90 Å². The zero-order valence-corrected chi connectivity index (χ0v) is 12.7. The maximum absolute atomic E-state index is 12.0. The molecule has 0 spiro atoms. The molecular weight excluding hydrogens is 304 g/mol. The number of nitrogens with zero attached hydrogens (tertiary/aromatic N) is 2. The van der Waals surface area contributed by atoms with E-state index in [1.165, 1.54) is 36.4 Å². The van der Waals surface area contributed by atoms with E-state index in [9.17, 15) is 8.42 Å².